The number of halogens is 4. The lowest BCUT2D eigenvalue weighted by molar-refractivity contribution is -0.151. The van der Waals surface area contributed by atoms with Gasteiger partial charge in [0.05, 0.1) is 5.92 Å². The van der Waals surface area contributed by atoms with Crippen LogP contribution in [0.3, 0.4) is 0 Å². The van der Waals surface area contributed by atoms with Crippen LogP contribution < -0.4 is 0 Å². The summed E-state index contributed by atoms with van der Waals surface area (Å²) in [6, 6.07) is 0. The molecule has 6 heteroatoms. The van der Waals surface area contributed by atoms with E-state index >= 15 is 0 Å². The van der Waals surface area contributed by atoms with E-state index in [0.29, 0.717) is 6.42 Å². The normalized spacial score (nSPS) is 30.6. The molecule has 0 bridgehead atoms. The van der Waals surface area contributed by atoms with Crippen molar-refractivity contribution in [3.8, 4) is 0 Å². The number of alkyl halides is 3. The van der Waals surface area contributed by atoms with Crippen molar-refractivity contribution < 1.29 is 22.7 Å². The summed E-state index contributed by atoms with van der Waals surface area (Å²) < 4.78 is 43.2. The Balaban J connectivity index is 1.99. The van der Waals surface area contributed by atoms with Crippen molar-refractivity contribution in [1.82, 2.24) is 0 Å². The van der Waals surface area contributed by atoms with E-state index in [4.69, 9.17) is 16.3 Å². The van der Waals surface area contributed by atoms with E-state index in [2.05, 4.69) is 6.92 Å². The molecule has 130 valence electrons. The van der Waals surface area contributed by atoms with Crippen LogP contribution in [0.2, 0.25) is 0 Å². The second-order valence-electron chi connectivity index (χ2n) is 7.04. The summed E-state index contributed by atoms with van der Waals surface area (Å²) in [6.45, 7) is 7.61. The van der Waals surface area contributed by atoms with Crippen LogP contribution in [0.25, 0.3) is 0 Å². The highest BCUT2D eigenvalue weighted by molar-refractivity contribution is 6.30. The molecule has 1 saturated carbocycles. The maximum absolute atomic E-state index is 12.5. The molecule has 2 nitrogen and oxygen atoms in total. The molecule has 23 heavy (non-hydrogen) atoms. The number of carbonyl (C=O) groups is 1. The molecule has 0 aliphatic heterocycles. The highest BCUT2D eigenvalue weighted by atomic mass is 35.5. The van der Waals surface area contributed by atoms with E-state index in [1.54, 1.807) is 13.8 Å². The summed E-state index contributed by atoms with van der Waals surface area (Å²) in [5.41, 5.74) is 1.99. The van der Waals surface area contributed by atoms with Crippen LogP contribution in [0, 0.1) is 17.3 Å². The van der Waals surface area contributed by atoms with Crippen molar-refractivity contribution in [3.05, 3.63) is 22.3 Å². The second kappa shape index (κ2) is 6.15. The molecule has 0 aromatic heterocycles. The van der Waals surface area contributed by atoms with Crippen molar-refractivity contribution in [1.29, 1.82) is 0 Å². The lowest BCUT2D eigenvalue weighted by Crippen LogP contribution is -2.19. The first-order valence-electron chi connectivity index (χ1n) is 7.81. The zero-order chi connectivity index (χ0) is 17.6. The largest absolute Gasteiger partial charge is 0.461 e. The van der Waals surface area contributed by atoms with Crippen molar-refractivity contribution in [2.24, 2.45) is 17.3 Å². The van der Waals surface area contributed by atoms with Gasteiger partial charge in [0.25, 0.3) is 0 Å². The van der Waals surface area contributed by atoms with Gasteiger partial charge in [-0.05, 0) is 24.7 Å². The Morgan fingerprint density at radius 3 is 2.48 bits per heavy atom. The highest BCUT2D eigenvalue weighted by Gasteiger charge is 2.62. The molecule has 0 N–H and O–H groups in total. The Labute approximate surface area is 139 Å². The number of allylic oxidation sites excluding steroid dienone is 2. The number of hydrogen-bond donors (Lipinski definition) is 0. The summed E-state index contributed by atoms with van der Waals surface area (Å²) in [4.78, 5) is 12.3. The van der Waals surface area contributed by atoms with Gasteiger partial charge in [0, 0.05) is 12.8 Å². The van der Waals surface area contributed by atoms with Gasteiger partial charge in [0.15, 0.2) is 0 Å². The van der Waals surface area contributed by atoms with Crippen molar-refractivity contribution in [3.63, 3.8) is 0 Å². The van der Waals surface area contributed by atoms with Gasteiger partial charge in [-0.2, -0.15) is 13.2 Å². The predicted molar refractivity (Wildman–Crippen MR) is 82.9 cm³/mol. The van der Waals surface area contributed by atoms with Crippen LogP contribution in [-0.2, 0) is 9.53 Å². The lowest BCUT2D eigenvalue weighted by atomic mass is 10.1. The van der Waals surface area contributed by atoms with Gasteiger partial charge in [0.1, 0.15) is 11.1 Å². The molecule has 0 aromatic rings. The molecule has 0 heterocycles. The number of carbonyl (C=O) groups excluding carboxylic acids is 1. The van der Waals surface area contributed by atoms with E-state index in [1.807, 2.05) is 6.92 Å². The van der Waals surface area contributed by atoms with E-state index in [0.717, 1.165) is 18.9 Å². The van der Waals surface area contributed by atoms with Gasteiger partial charge in [-0.3, -0.25) is 4.79 Å². The monoisotopic (exact) mass is 350 g/mol. The van der Waals surface area contributed by atoms with Crippen LogP contribution >= 0.6 is 11.6 Å². The molecule has 2 aliphatic carbocycles. The summed E-state index contributed by atoms with van der Waals surface area (Å²) in [5.74, 6) is -1.52. The van der Waals surface area contributed by atoms with E-state index in [1.165, 1.54) is 11.1 Å². The van der Waals surface area contributed by atoms with E-state index < -0.39 is 34.4 Å². The Morgan fingerprint density at radius 2 is 2.00 bits per heavy atom. The lowest BCUT2D eigenvalue weighted by Gasteiger charge is -2.13. The molecule has 1 fully saturated rings. The average molecular weight is 351 g/mol. The Hall–Kier alpha value is -0.970. The maximum Gasteiger partial charge on any atom is 0.426 e. The maximum atomic E-state index is 12.5. The Morgan fingerprint density at radius 1 is 1.39 bits per heavy atom. The van der Waals surface area contributed by atoms with E-state index in [-0.39, 0.29) is 6.10 Å². The van der Waals surface area contributed by atoms with Gasteiger partial charge in [-0.15, -0.1) is 0 Å². The third-order valence-corrected chi connectivity index (χ3v) is 5.42. The van der Waals surface area contributed by atoms with Gasteiger partial charge >= 0.3 is 12.1 Å². The molecule has 0 radical (unpaired) electrons. The summed E-state index contributed by atoms with van der Waals surface area (Å²) in [7, 11) is 0. The van der Waals surface area contributed by atoms with Crippen molar-refractivity contribution in [2.75, 3.05) is 0 Å². The topological polar surface area (TPSA) is 26.3 Å². The van der Waals surface area contributed by atoms with Gasteiger partial charge in [0.2, 0.25) is 0 Å². The highest BCUT2D eigenvalue weighted by Crippen LogP contribution is 2.60. The first kappa shape index (κ1) is 18.4. The minimum atomic E-state index is -4.57. The minimum Gasteiger partial charge on any atom is -0.461 e. The predicted octanol–water partition coefficient (Wildman–Crippen LogP) is 5.38. The number of ether oxygens (including phenoxy) is 1. The number of hydrogen-bond acceptors (Lipinski definition) is 2. The molecule has 0 aromatic carbocycles. The molecule has 0 amide bonds. The fourth-order valence-corrected chi connectivity index (χ4v) is 3.60. The number of esters is 1. The average Bonchev–Trinajstić information content (AvgIpc) is 2.76. The quantitative estimate of drug-likeness (QED) is 0.503. The molecule has 1 unspecified atom stereocenters. The molecule has 2 rings (SSSR count). The summed E-state index contributed by atoms with van der Waals surface area (Å²) >= 11 is 5.29. The second-order valence-corrected chi connectivity index (χ2v) is 7.45. The standard InChI is InChI=1S/C17H22ClF3O2/c1-5-10-7-11(6-9(10)2)23-15(22)14-12(16(14,3)4)8-13(18)17(19,20)21/h8,11-12,14H,5-7H2,1-4H3/t11?,12-,14-/m0/s1. The fraction of sp³-hybridized carbons (Fsp3) is 0.706. The first-order chi connectivity index (χ1) is 10.5. The molecule has 2 aliphatic rings. The SMILES string of the molecule is CCC1=C(C)CC(OC(=O)[C@@H]2[C@H](C=C(Cl)C(F)(F)F)C2(C)C)C1. The van der Waals surface area contributed by atoms with Crippen LogP contribution in [0.15, 0.2) is 22.3 Å². The molecule has 3 atom stereocenters. The van der Waals surface area contributed by atoms with Gasteiger partial charge < -0.3 is 4.74 Å². The number of rotatable bonds is 4. The van der Waals surface area contributed by atoms with Gasteiger partial charge in [-0.1, -0.05) is 49.6 Å². The van der Waals surface area contributed by atoms with Crippen molar-refractivity contribution >= 4 is 17.6 Å². The van der Waals surface area contributed by atoms with Crippen LogP contribution in [0.4, 0.5) is 13.2 Å². The molecule has 0 spiro atoms. The van der Waals surface area contributed by atoms with Gasteiger partial charge in [-0.25, -0.2) is 0 Å². The molecular formula is C17H22ClF3O2. The molecule has 0 saturated heterocycles. The smallest absolute Gasteiger partial charge is 0.426 e. The first-order valence-corrected chi connectivity index (χ1v) is 8.18. The van der Waals surface area contributed by atoms with Crippen LogP contribution in [0.5, 0.6) is 0 Å². The fourth-order valence-electron chi connectivity index (χ4n) is 3.47. The summed E-state index contributed by atoms with van der Waals surface area (Å²) in [6.07, 6.45) is -1.44. The molecular weight excluding hydrogens is 329 g/mol. The van der Waals surface area contributed by atoms with Crippen LogP contribution in [-0.4, -0.2) is 18.2 Å². The Kier molecular flexibility index (Phi) is 4.91. The Bertz CT molecular complexity index is 561. The zero-order valence-electron chi connectivity index (χ0n) is 13.8. The minimum absolute atomic E-state index is 0.184. The third-order valence-electron chi connectivity index (χ3n) is 5.08. The zero-order valence-corrected chi connectivity index (χ0v) is 14.5. The van der Waals surface area contributed by atoms with E-state index in [9.17, 15) is 18.0 Å². The third kappa shape index (κ3) is 3.76. The van der Waals surface area contributed by atoms with Crippen molar-refractivity contribution in [2.45, 2.75) is 59.2 Å². The van der Waals surface area contributed by atoms with Crippen LogP contribution in [0.1, 0.15) is 47.0 Å². The summed E-state index contributed by atoms with van der Waals surface area (Å²) in [5, 5.41) is -1.17.